The Morgan fingerprint density at radius 1 is 1.59 bits per heavy atom. The van der Waals surface area contributed by atoms with E-state index in [4.69, 9.17) is 9.84 Å². The average molecular weight is 238 g/mol. The lowest BCUT2D eigenvalue weighted by Crippen LogP contribution is -2.10. The van der Waals surface area contributed by atoms with Crippen LogP contribution in [0.5, 0.6) is 5.75 Å². The first-order chi connectivity index (χ1) is 8.13. The molecule has 17 heavy (non-hydrogen) atoms. The van der Waals surface area contributed by atoms with Crippen LogP contribution in [-0.4, -0.2) is 18.2 Å². The molecule has 0 heterocycles. The zero-order valence-electron chi connectivity index (χ0n) is 9.65. The van der Waals surface area contributed by atoms with Gasteiger partial charge in [0.1, 0.15) is 0 Å². The molecule has 4 heteroatoms. The van der Waals surface area contributed by atoms with Crippen LogP contribution < -0.4 is 4.74 Å². The van der Waals surface area contributed by atoms with Crippen LogP contribution in [0.3, 0.4) is 0 Å². The number of rotatable bonds is 5. The fourth-order valence-corrected chi connectivity index (χ4v) is 2.25. The Labute approximate surface area is 99.2 Å². The van der Waals surface area contributed by atoms with Gasteiger partial charge in [-0.3, -0.25) is 4.79 Å². The molecule has 0 aromatic heterocycles. The third kappa shape index (κ3) is 2.57. The highest BCUT2D eigenvalue weighted by atomic mass is 19.1. The van der Waals surface area contributed by atoms with E-state index in [2.05, 4.69) is 0 Å². The van der Waals surface area contributed by atoms with Crippen LogP contribution in [-0.2, 0) is 4.79 Å². The minimum Gasteiger partial charge on any atom is -0.493 e. The monoisotopic (exact) mass is 238 g/mol. The molecule has 1 saturated carbocycles. The summed E-state index contributed by atoms with van der Waals surface area (Å²) < 4.78 is 18.6. The van der Waals surface area contributed by atoms with Crippen molar-refractivity contribution in [2.45, 2.75) is 25.2 Å². The van der Waals surface area contributed by atoms with Gasteiger partial charge in [0.2, 0.25) is 0 Å². The Balaban J connectivity index is 2.34. The smallest absolute Gasteiger partial charge is 0.303 e. The summed E-state index contributed by atoms with van der Waals surface area (Å²) in [6, 6.07) is 4.69. The van der Waals surface area contributed by atoms with Gasteiger partial charge in [-0.15, -0.1) is 0 Å². The van der Waals surface area contributed by atoms with E-state index in [1.807, 2.05) is 0 Å². The first-order valence-electron chi connectivity index (χ1n) is 5.67. The Bertz CT molecular complexity index is 427. The number of halogens is 1. The van der Waals surface area contributed by atoms with Crippen molar-refractivity contribution in [3.63, 3.8) is 0 Å². The first-order valence-corrected chi connectivity index (χ1v) is 5.67. The summed E-state index contributed by atoms with van der Waals surface area (Å²) >= 11 is 0. The highest BCUT2D eigenvalue weighted by Gasteiger charge is 2.35. The Hall–Kier alpha value is -1.58. The van der Waals surface area contributed by atoms with Crippen LogP contribution in [0.15, 0.2) is 18.2 Å². The lowest BCUT2D eigenvalue weighted by molar-refractivity contribution is -0.137. The molecule has 0 amide bonds. The summed E-state index contributed by atoms with van der Waals surface area (Å²) in [7, 11) is 1.41. The zero-order valence-corrected chi connectivity index (χ0v) is 9.65. The SMILES string of the molecule is COc1c(F)cccc1C(CC(=O)O)C1CC1. The van der Waals surface area contributed by atoms with E-state index in [-0.39, 0.29) is 18.1 Å². The number of hydrogen-bond acceptors (Lipinski definition) is 2. The molecule has 0 radical (unpaired) electrons. The fourth-order valence-electron chi connectivity index (χ4n) is 2.25. The summed E-state index contributed by atoms with van der Waals surface area (Å²) in [6.45, 7) is 0. The second kappa shape index (κ2) is 4.73. The van der Waals surface area contributed by atoms with E-state index in [9.17, 15) is 9.18 Å². The molecule has 92 valence electrons. The molecule has 1 aromatic carbocycles. The predicted octanol–water partition coefficient (Wildman–Crippen LogP) is 2.80. The maximum Gasteiger partial charge on any atom is 0.303 e. The third-order valence-corrected chi connectivity index (χ3v) is 3.19. The van der Waals surface area contributed by atoms with Crippen molar-refractivity contribution in [3.05, 3.63) is 29.6 Å². The summed E-state index contributed by atoms with van der Waals surface area (Å²) in [5.41, 5.74) is 0.678. The van der Waals surface area contributed by atoms with Crippen molar-refractivity contribution < 1.29 is 19.0 Å². The molecule has 0 spiro atoms. The molecule has 0 aliphatic heterocycles. The second-order valence-electron chi connectivity index (χ2n) is 4.40. The standard InChI is InChI=1S/C13H15FO3/c1-17-13-9(3-2-4-11(13)14)10(7-12(15)16)8-5-6-8/h2-4,8,10H,5-7H2,1H3,(H,15,16). The largest absolute Gasteiger partial charge is 0.493 e. The first kappa shape index (κ1) is 11.9. The molecule has 0 saturated heterocycles. The van der Waals surface area contributed by atoms with E-state index in [0.717, 1.165) is 12.8 Å². The lowest BCUT2D eigenvalue weighted by Gasteiger charge is -2.18. The fraction of sp³-hybridized carbons (Fsp3) is 0.462. The number of para-hydroxylation sites is 1. The van der Waals surface area contributed by atoms with Gasteiger partial charge in [0, 0.05) is 11.5 Å². The quantitative estimate of drug-likeness (QED) is 0.858. The molecule has 0 bridgehead atoms. The maximum atomic E-state index is 13.6. The highest BCUT2D eigenvalue weighted by molar-refractivity contribution is 5.68. The summed E-state index contributed by atoms with van der Waals surface area (Å²) in [4.78, 5) is 10.9. The highest BCUT2D eigenvalue weighted by Crippen LogP contribution is 2.47. The molecule has 1 unspecified atom stereocenters. The van der Waals surface area contributed by atoms with Crippen molar-refractivity contribution in [3.8, 4) is 5.75 Å². The number of aliphatic carboxylic acids is 1. The molecular formula is C13H15FO3. The molecule has 1 N–H and O–H groups in total. The van der Waals surface area contributed by atoms with E-state index < -0.39 is 11.8 Å². The molecule has 2 rings (SSSR count). The van der Waals surface area contributed by atoms with Crippen LogP contribution in [0.25, 0.3) is 0 Å². The van der Waals surface area contributed by atoms with Gasteiger partial charge in [-0.05, 0) is 24.8 Å². The van der Waals surface area contributed by atoms with Gasteiger partial charge in [-0.1, -0.05) is 12.1 Å². The number of ether oxygens (including phenoxy) is 1. The van der Waals surface area contributed by atoms with Crippen LogP contribution in [0.1, 0.15) is 30.7 Å². The van der Waals surface area contributed by atoms with Gasteiger partial charge in [-0.25, -0.2) is 4.39 Å². The number of hydrogen-bond donors (Lipinski definition) is 1. The van der Waals surface area contributed by atoms with Crippen molar-refractivity contribution in [1.82, 2.24) is 0 Å². The second-order valence-corrected chi connectivity index (χ2v) is 4.40. The lowest BCUT2D eigenvalue weighted by atomic mass is 9.90. The molecular weight excluding hydrogens is 223 g/mol. The summed E-state index contributed by atoms with van der Waals surface area (Å²) in [5.74, 6) is -0.889. The molecule has 3 nitrogen and oxygen atoms in total. The van der Waals surface area contributed by atoms with Gasteiger partial charge in [0.05, 0.1) is 13.5 Å². The number of benzene rings is 1. The van der Waals surface area contributed by atoms with Crippen LogP contribution >= 0.6 is 0 Å². The van der Waals surface area contributed by atoms with Gasteiger partial charge in [0.25, 0.3) is 0 Å². The van der Waals surface area contributed by atoms with Gasteiger partial charge >= 0.3 is 5.97 Å². The van der Waals surface area contributed by atoms with Gasteiger partial charge < -0.3 is 9.84 Å². The maximum absolute atomic E-state index is 13.6. The normalized spacial score (nSPS) is 16.6. The average Bonchev–Trinajstić information content (AvgIpc) is 3.09. The molecule has 1 aliphatic carbocycles. The van der Waals surface area contributed by atoms with Crippen LogP contribution in [0.4, 0.5) is 4.39 Å². The van der Waals surface area contributed by atoms with Gasteiger partial charge in [-0.2, -0.15) is 0 Å². The summed E-state index contributed by atoms with van der Waals surface area (Å²) in [6.07, 6.45) is 2.06. The topological polar surface area (TPSA) is 46.5 Å². The number of carboxylic acids is 1. The van der Waals surface area contributed by atoms with Gasteiger partial charge in [0.15, 0.2) is 11.6 Å². The molecule has 1 aliphatic rings. The predicted molar refractivity (Wildman–Crippen MR) is 60.7 cm³/mol. The van der Waals surface area contributed by atoms with Crippen molar-refractivity contribution in [1.29, 1.82) is 0 Å². The molecule has 1 aromatic rings. The van der Waals surface area contributed by atoms with E-state index in [1.165, 1.54) is 13.2 Å². The van der Waals surface area contributed by atoms with E-state index in [1.54, 1.807) is 12.1 Å². The third-order valence-electron chi connectivity index (χ3n) is 3.19. The molecule has 1 fully saturated rings. The van der Waals surface area contributed by atoms with E-state index >= 15 is 0 Å². The molecule has 1 atom stereocenters. The Morgan fingerprint density at radius 2 is 2.29 bits per heavy atom. The van der Waals surface area contributed by atoms with E-state index in [0.29, 0.717) is 11.5 Å². The van der Waals surface area contributed by atoms with Crippen LogP contribution in [0, 0.1) is 11.7 Å². The zero-order chi connectivity index (χ0) is 12.4. The number of methoxy groups -OCH3 is 1. The summed E-state index contributed by atoms with van der Waals surface area (Å²) in [5, 5.41) is 8.92. The van der Waals surface area contributed by atoms with Crippen LogP contribution in [0.2, 0.25) is 0 Å². The van der Waals surface area contributed by atoms with Crippen molar-refractivity contribution in [2.24, 2.45) is 5.92 Å². The Morgan fingerprint density at radius 3 is 2.82 bits per heavy atom. The minimum atomic E-state index is -0.854. The number of carboxylic acid groups (broad SMARTS) is 1. The Kier molecular flexibility index (Phi) is 3.31. The minimum absolute atomic E-state index is 0.0322. The van der Waals surface area contributed by atoms with Crippen molar-refractivity contribution >= 4 is 5.97 Å². The number of carbonyl (C=O) groups is 1. The van der Waals surface area contributed by atoms with Crippen molar-refractivity contribution in [2.75, 3.05) is 7.11 Å².